The van der Waals surface area contributed by atoms with Crippen molar-refractivity contribution in [2.24, 2.45) is 17.8 Å². The quantitative estimate of drug-likeness (QED) is 0.716. The zero-order valence-corrected chi connectivity index (χ0v) is 11.0. The van der Waals surface area contributed by atoms with Crippen LogP contribution in [-0.4, -0.2) is 5.78 Å². The zero-order chi connectivity index (χ0) is 11.3. The molecule has 0 radical (unpaired) electrons. The first kappa shape index (κ1) is 11.1. The number of carbonyl (C=O) groups is 1. The van der Waals surface area contributed by atoms with E-state index >= 15 is 0 Å². The Morgan fingerprint density at radius 1 is 1.25 bits per heavy atom. The van der Waals surface area contributed by atoms with Crippen LogP contribution in [-0.2, 0) is 0 Å². The van der Waals surface area contributed by atoms with Crippen LogP contribution >= 0.6 is 34.5 Å². The molecule has 1 aromatic rings. The topological polar surface area (TPSA) is 17.1 Å². The molecule has 0 aliphatic heterocycles. The number of ketones is 1. The van der Waals surface area contributed by atoms with Crippen LogP contribution in [0.25, 0.3) is 0 Å². The van der Waals surface area contributed by atoms with E-state index in [2.05, 4.69) is 0 Å². The molecule has 86 valence electrons. The third-order valence-electron chi connectivity index (χ3n) is 3.88. The molecule has 4 heteroatoms. The van der Waals surface area contributed by atoms with E-state index in [0.29, 0.717) is 26.1 Å². The van der Waals surface area contributed by atoms with Crippen LogP contribution in [0.1, 0.15) is 36.0 Å². The summed E-state index contributed by atoms with van der Waals surface area (Å²) < 4.78 is 1.16. The molecule has 2 unspecified atom stereocenters. The van der Waals surface area contributed by atoms with Crippen LogP contribution in [0.4, 0.5) is 0 Å². The van der Waals surface area contributed by atoms with Gasteiger partial charge in [-0.1, -0.05) is 36.0 Å². The third kappa shape index (κ3) is 1.71. The normalized spacial score (nSPS) is 32.2. The van der Waals surface area contributed by atoms with Crippen molar-refractivity contribution in [2.45, 2.75) is 25.7 Å². The minimum Gasteiger partial charge on any atom is -0.294 e. The van der Waals surface area contributed by atoms with Crippen molar-refractivity contribution in [2.75, 3.05) is 0 Å². The Morgan fingerprint density at radius 2 is 1.88 bits per heavy atom. The fourth-order valence-electron chi connectivity index (χ4n) is 3.07. The lowest BCUT2D eigenvalue weighted by Crippen LogP contribution is -2.03. The van der Waals surface area contributed by atoms with Crippen LogP contribution in [0.5, 0.6) is 0 Å². The van der Waals surface area contributed by atoms with Gasteiger partial charge in [-0.05, 0) is 30.7 Å². The van der Waals surface area contributed by atoms with E-state index in [-0.39, 0.29) is 11.7 Å². The van der Waals surface area contributed by atoms with E-state index in [0.717, 1.165) is 0 Å². The van der Waals surface area contributed by atoms with Gasteiger partial charge in [-0.3, -0.25) is 4.79 Å². The average molecular weight is 275 g/mol. The van der Waals surface area contributed by atoms with E-state index in [4.69, 9.17) is 23.2 Å². The first-order valence-electron chi connectivity index (χ1n) is 5.67. The summed E-state index contributed by atoms with van der Waals surface area (Å²) >= 11 is 13.2. The number of carbonyl (C=O) groups excluding carboxylic acids is 1. The Hall–Kier alpha value is -0.0500. The summed E-state index contributed by atoms with van der Waals surface area (Å²) in [5.41, 5.74) is 0.649. The van der Waals surface area contributed by atoms with Gasteiger partial charge in [0.25, 0.3) is 0 Å². The second-order valence-corrected chi connectivity index (χ2v) is 7.03. The molecule has 0 spiro atoms. The molecule has 1 nitrogen and oxygen atoms in total. The summed E-state index contributed by atoms with van der Waals surface area (Å²) in [6, 6.07) is 1.72. The Labute approximate surface area is 109 Å². The van der Waals surface area contributed by atoms with Gasteiger partial charge in [0.2, 0.25) is 0 Å². The van der Waals surface area contributed by atoms with Crippen molar-refractivity contribution in [1.29, 1.82) is 0 Å². The molecule has 2 saturated carbocycles. The van der Waals surface area contributed by atoms with E-state index < -0.39 is 0 Å². The summed E-state index contributed by atoms with van der Waals surface area (Å²) in [4.78, 5) is 12.3. The van der Waals surface area contributed by atoms with Gasteiger partial charge in [0.05, 0.1) is 4.34 Å². The van der Waals surface area contributed by atoms with Gasteiger partial charge in [0.15, 0.2) is 5.78 Å². The van der Waals surface area contributed by atoms with Gasteiger partial charge in [-0.15, -0.1) is 11.3 Å². The van der Waals surface area contributed by atoms with Crippen molar-refractivity contribution in [1.82, 2.24) is 0 Å². The maximum Gasteiger partial charge on any atom is 0.168 e. The van der Waals surface area contributed by atoms with Gasteiger partial charge in [-0.25, -0.2) is 0 Å². The molecule has 1 heterocycles. The molecule has 2 aliphatic carbocycles. The number of hydrogen-bond acceptors (Lipinski definition) is 2. The summed E-state index contributed by atoms with van der Waals surface area (Å²) in [6.07, 6.45) is 5.00. The van der Waals surface area contributed by atoms with Crippen LogP contribution in [0.15, 0.2) is 6.07 Å². The van der Waals surface area contributed by atoms with E-state index in [1.54, 1.807) is 6.07 Å². The monoisotopic (exact) mass is 274 g/mol. The molecule has 3 rings (SSSR count). The number of hydrogen-bond donors (Lipinski definition) is 0. The highest BCUT2D eigenvalue weighted by Crippen LogP contribution is 2.57. The Morgan fingerprint density at radius 3 is 2.38 bits per heavy atom. The fraction of sp³-hybridized carbons (Fsp3) is 0.583. The molecule has 2 fully saturated rings. The second kappa shape index (κ2) is 4.01. The van der Waals surface area contributed by atoms with Crippen LogP contribution in [0, 0.1) is 17.8 Å². The zero-order valence-electron chi connectivity index (χ0n) is 8.71. The molecule has 0 aromatic carbocycles. The highest BCUT2D eigenvalue weighted by molar-refractivity contribution is 7.20. The number of fused-ring (bicyclic) bond motifs is 1. The number of halogens is 2. The van der Waals surface area contributed by atoms with Gasteiger partial charge in [0, 0.05) is 11.5 Å². The van der Waals surface area contributed by atoms with Gasteiger partial charge < -0.3 is 0 Å². The van der Waals surface area contributed by atoms with Crippen molar-refractivity contribution in [3.63, 3.8) is 0 Å². The molecule has 0 amide bonds. The third-order valence-corrected chi connectivity index (χ3v) is 5.37. The largest absolute Gasteiger partial charge is 0.294 e. The lowest BCUT2D eigenvalue weighted by atomic mass is 10.0. The summed E-state index contributed by atoms with van der Waals surface area (Å²) in [5, 5.41) is 0. The maximum atomic E-state index is 12.3. The lowest BCUT2D eigenvalue weighted by Gasteiger charge is -2.04. The highest BCUT2D eigenvalue weighted by atomic mass is 35.5. The Kier molecular flexibility index (Phi) is 2.77. The molecule has 2 atom stereocenters. The summed E-state index contributed by atoms with van der Waals surface area (Å²) in [5.74, 6) is 1.74. The van der Waals surface area contributed by atoms with Crippen molar-refractivity contribution in [3.8, 4) is 0 Å². The van der Waals surface area contributed by atoms with E-state index in [1.165, 1.54) is 37.0 Å². The maximum absolute atomic E-state index is 12.3. The van der Waals surface area contributed by atoms with Crippen LogP contribution in [0.3, 0.4) is 0 Å². The smallest absolute Gasteiger partial charge is 0.168 e. The van der Waals surface area contributed by atoms with Crippen LogP contribution in [0.2, 0.25) is 8.67 Å². The van der Waals surface area contributed by atoms with Gasteiger partial charge >= 0.3 is 0 Å². The molecule has 1 aromatic heterocycles. The summed E-state index contributed by atoms with van der Waals surface area (Å²) in [6.45, 7) is 0. The Bertz CT molecular complexity index is 428. The molecule has 16 heavy (non-hydrogen) atoms. The first-order chi connectivity index (χ1) is 7.68. The van der Waals surface area contributed by atoms with Gasteiger partial charge in [-0.2, -0.15) is 0 Å². The molecule has 2 aliphatic rings. The first-order valence-corrected chi connectivity index (χ1v) is 7.25. The standard InChI is InChI=1S/C12H12Cl2OS/c13-9-5-8(12(14)16-9)11(15)10-6-3-1-2-4-7(6)10/h5-7,10H,1-4H2. The number of thiophene rings is 1. The van der Waals surface area contributed by atoms with Crippen LogP contribution < -0.4 is 0 Å². The predicted octanol–water partition coefficient (Wildman–Crippen LogP) is 4.67. The Balaban J connectivity index is 1.81. The SMILES string of the molecule is O=C(c1cc(Cl)sc1Cl)C1C2CCCCC21. The molecule has 0 saturated heterocycles. The van der Waals surface area contributed by atoms with Gasteiger partial charge in [0.1, 0.15) is 4.34 Å². The van der Waals surface area contributed by atoms with E-state index in [1.807, 2.05) is 0 Å². The second-order valence-electron chi connectivity index (χ2n) is 4.74. The predicted molar refractivity (Wildman–Crippen MR) is 67.6 cm³/mol. The highest BCUT2D eigenvalue weighted by Gasteiger charge is 2.54. The minimum atomic E-state index is 0.227. The molecular weight excluding hydrogens is 263 g/mol. The van der Waals surface area contributed by atoms with Crippen molar-refractivity contribution >= 4 is 40.3 Å². The lowest BCUT2D eigenvalue weighted by molar-refractivity contribution is 0.0957. The fourth-order valence-corrected chi connectivity index (χ4v) is 4.54. The van der Waals surface area contributed by atoms with Crippen molar-refractivity contribution < 1.29 is 4.79 Å². The average Bonchev–Trinajstić information content (AvgIpc) is 2.89. The van der Waals surface area contributed by atoms with Crippen molar-refractivity contribution in [3.05, 3.63) is 20.3 Å². The molecular formula is C12H12Cl2OS. The molecule has 0 N–H and O–H groups in total. The molecule has 0 bridgehead atoms. The van der Waals surface area contributed by atoms with E-state index in [9.17, 15) is 4.79 Å². The summed E-state index contributed by atoms with van der Waals surface area (Å²) in [7, 11) is 0. The minimum absolute atomic E-state index is 0.227. The number of rotatable bonds is 2. The number of Topliss-reactive ketones (excluding diaryl/α,β-unsaturated/α-hetero) is 1.